The van der Waals surface area contributed by atoms with Crippen LogP contribution in [-0.4, -0.2) is 30.6 Å². The Labute approximate surface area is 189 Å². The lowest BCUT2D eigenvalue weighted by Gasteiger charge is -2.45. The molecule has 178 valence electrons. The van der Waals surface area contributed by atoms with Crippen LogP contribution in [0.15, 0.2) is 0 Å². The molecular formula is C26H45NO4. The van der Waals surface area contributed by atoms with Crippen LogP contribution in [0.25, 0.3) is 0 Å². The van der Waals surface area contributed by atoms with Crippen molar-refractivity contribution in [1.82, 2.24) is 0 Å². The Hall–Kier alpha value is -1.12. The number of ether oxygens (including phenoxy) is 2. The number of carboxylic acid groups (broad SMARTS) is 1. The molecule has 0 aromatic heterocycles. The molecule has 5 heteroatoms. The second-order valence-electron chi connectivity index (χ2n) is 10.1. The van der Waals surface area contributed by atoms with Crippen molar-refractivity contribution in [2.45, 2.75) is 123 Å². The zero-order chi connectivity index (χ0) is 22.6. The van der Waals surface area contributed by atoms with Crippen LogP contribution in [0.1, 0.15) is 117 Å². The second kappa shape index (κ2) is 13.4. The molecule has 1 heterocycles. The maximum atomic E-state index is 10.9. The van der Waals surface area contributed by atoms with Crippen LogP contribution in [-0.2, 0) is 14.3 Å². The van der Waals surface area contributed by atoms with Crippen molar-refractivity contribution in [2.24, 2.45) is 16.7 Å². The lowest BCUT2D eigenvalue weighted by molar-refractivity contribution is -0.224. The first kappa shape index (κ1) is 26.1. The number of hydrogen-bond acceptors (Lipinski definition) is 4. The van der Waals surface area contributed by atoms with Gasteiger partial charge in [-0.25, -0.2) is 0 Å². The molecule has 1 saturated heterocycles. The van der Waals surface area contributed by atoms with Gasteiger partial charge in [0.15, 0.2) is 6.29 Å². The minimum atomic E-state index is -1.53. The van der Waals surface area contributed by atoms with E-state index < -0.39 is 11.4 Å². The molecule has 1 N–H and O–H groups in total. The van der Waals surface area contributed by atoms with Gasteiger partial charge in [0.25, 0.3) is 0 Å². The average molecular weight is 436 g/mol. The largest absolute Gasteiger partial charge is 0.480 e. The van der Waals surface area contributed by atoms with Crippen molar-refractivity contribution in [3.05, 3.63) is 0 Å². The average Bonchev–Trinajstić information content (AvgIpc) is 2.81. The first-order valence-electron chi connectivity index (χ1n) is 12.9. The van der Waals surface area contributed by atoms with E-state index in [-0.39, 0.29) is 19.5 Å². The van der Waals surface area contributed by atoms with Crippen molar-refractivity contribution < 1.29 is 19.4 Å². The molecule has 3 rings (SSSR count). The number of aliphatic carboxylic acids is 1. The van der Waals surface area contributed by atoms with Gasteiger partial charge in [-0.1, -0.05) is 71.6 Å². The lowest BCUT2D eigenvalue weighted by Crippen LogP contribution is -2.46. The Morgan fingerprint density at radius 2 is 1.58 bits per heavy atom. The Kier molecular flexibility index (Phi) is 11.3. The number of nitriles is 1. The summed E-state index contributed by atoms with van der Waals surface area (Å²) in [6, 6.07) is 1.76. The number of carboxylic acids is 1. The topological polar surface area (TPSA) is 79.5 Å². The fourth-order valence-corrected chi connectivity index (χ4v) is 5.85. The van der Waals surface area contributed by atoms with Crippen molar-refractivity contribution in [1.29, 1.82) is 5.26 Å². The highest BCUT2D eigenvalue weighted by Crippen LogP contribution is 2.51. The summed E-state index contributed by atoms with van der Waals surface area (Å²) < 4.78 is 10.5. The summed E-state index contributed by atoms with van der Waals surface area (Å²) >= 11 is 0. The highest BCUT2D eigenvalue weighted by atomic mass is 16.7. The molecule has 0 aromatic rings. The van der Waals surface area contributed by atoms with E-state index in [2.05, 4.69) is 13.8 Å². The maximum absolute atomic E-state index is 10.9. The summed E-state index contributed by atoms with van der Waals surface area (Å²) in [5.41, 5.74) is -0.728. The van der Waals surface area contributed by atoms with Crippen LogP contribution in [0.2, 0.25) is 0 Å². The quantitative estimate of drug-likeness (QED) is 0.422. The van der Waals surface area contributed by atoms with Crippen LogP contribution < -0.4 is 0 Å². The van der Waals surface area contributed by atoms with E-state index in [9.17, 15) is 4.79 Å². The molecule has 31 heavy (non-hydrogen) atoms. The van der Waals surface area contributed by atoms with Gasteiger partial charge >= 0.3 is 5.97 Å². The SMILES string of the molecule is CCCC1(C2CCCCC2)CCCCC1.CCCCCC1OCC(C#N)(C(=O)O)CO1. The summed E-state index contributed by atoms with van der Waals surface area (Å²) in [4.78, 5) is 10.9. The molecule has 0 radical (unpaired) electrons. The number of unbranched alkanes of at least 4 members (excludes halogenated alkanes) is 2. The van der Waals surface area contributed by atoms with Gasteiger partial charge in [-0.05, 0) is 56.3 Å². The highest BCUT2D eigenvalue weighted by Gasteiger charge is 2.44. The lowest BCUT2D eigenvalue weighted by atomic mass is 9.60. The van der Waals surface area contributed by atoms with E-state index in [4.69, 9.17) is 19.8 Å². The second-order valence-corrected chi connectivity index (χ2v) is 10.1. The molecule has 0 atom stereocenters. The fourth-order valence-electron chi connectivity index (χ4n) is 5.85. The van der Waals surface area contributed by atoms with Gasteiger partial charge in [0.05, 0.1) is 19.3 Å². The first-order valence-corrected chi connectivity index (χ1v) is 12.9. The molecule has 0 amide bonds. The molecular weight excluding hydrogens is 390 g/mol. The van der Waals surface area contributed by atoms with Gasteiger partial charge in [0.1, 0.15) is 0 Å². The van der Waals surface area contributed by atoms with Crippen molar-refractivity contribution in [3.8, 4) is 6.07 Å². The standard InChI is InChI=1S/C15H28.C11H17NO4/c1-2-11-15(12-7-4-8-13-15)14-9-5-3-6-10-14;1-2-3-4-5-9-15-7-11(6-12,8-16-9)10(13)14/h14H,2-13H2,1H3;9H,2-5,7-8H2,1H3,(H,13,14). The van der Waals surface area contributed by atoms with Crippen molar-refractivity contribution in [2.75, 3.05) is 13.2 Å². The van der Waals surface area contributed by atoms with E-state index in [1.54, 1.807) is 31.8 Å². The third kappa shape index (κ3) is 7.46. The van der Waals surface area contributed by atoms with Gasteiger partial charge in [-0.2, -0.15) is 5.26 Å². The summed E-state index contributed by atoms with van der Waals surface area (Å²) in [6.45, 7) is 4.32. The summed E-state index contributed by atoms with van der Waals surface area (Å²) in [5.74, 6) is -0.0755. The van der Waals surface area contributed by atoms with Crippen LogP contribution in [0.5, 0.6) is 0 Å². The van der Waals surface area contributed by atoms with Gasteiger partial charge in [0.2, 0.25) is 5.41 Å². The molecule has 0 unspecified atom stereocenters. The summed E-state index contributed by atoms with van der Waals surface area (Å²) in [6.07, 6.45) is 21.9. The van der Waals surface area contributed by atoms with Crippen molar-refractivity contribution in [3.63, 3.8) is 0 Å². The smallest absolute Gasteiger partial charge is 0.328 e. The van der Waals surface area contributed by atoms with Crippen LogP contribution in [0, 0.1) is 28.1 Å². The Morgan fingerprint density at radius 1 is 0.968 bits per heavy atom. The molecule has 0 aromatic carbocycles. The molecule has 2 aliphatic carbocycles. The van der Waals surface area contributed by atoms with Gasteiger partial charge in [-0.15, -0.1) is 0 Å². The zero-order valence-corrected chi connectivity index (χ0v) is 20.0. The molecule has 5 nitrogen and oxygen atoms in total. The predicted octanol–water partition coefficient (Wildman–Crippen LogP) is 6.85. The number of hydrogen-bond donors (Lipinski definition) is 1. The fraction of sp³-hybridized carbons (Fsp3) is 0.923. The van der Waals surface area contributed by atoms with Gasteiger partial charge in [-0.3, -0.25) is 4.79 Å². The van der Waals surface area contributed by atoms with E-state index in [1.807, 2.05) is 0 Å². The monoisotopic (exact) mass is 435 g/mol. The van der Waals surface area contributed by atoms with Gasteiger partial charge in [0, 0.05) is 0 Å². The summed E-state index contributed by atoms with van der Waals surface area (Å²) in [5, 5.41) is 17.7. The minimum Gasteiger partial charge on any atom is -0.480 e. The van der Waals surface area contributed by atoms with Gasteiger partial charge < -0.3 is 14.6 Å². The Balaban J connectivity index is 0.000000220. The molecule has 0 spiro atoms. The van der Waals surface area contributed by atoms with E-state index in [1.165, 1.54) is 51.4 Å². The third-order valence-electron chi connectivity index (χ3n) is 7.77. The Morgan fingerprint density at radius 3 is 2.10 bits per heavy atom. The van der Waals surface area contributed by atoms with Crippen molar-refractivity contribution >= 4 is 5.97 Å². The highest BCUT2D eigenvalue weighted by molar-refractivity contribution is 5.78. The first-order chi connectivity index (χ1) is 15.0. The van der Waals surface area contributed by atoms with Crippen LogP contribution >= 0.6 is 0 Å². The normalized spacial score (nSPS) is 28.7. The number of nitrogens with zero attached hydrogens (tertiary/aromatic N) is 1. The van der Waals surface area contributed by atoms with Crippen LogP contribution in [0.3, 0.4) is 0 Å². The third-order valence-corrected chi connectivity index (χ3v) is 7.77. The minimum absolute atomic E-state index is 0.0877. The van der Waals surface area contributed by atoms with E-state index in [0.29, 0.717) is 0 Å². The van der Waals surface area contributed by atoms with E-state index >= 15 is 0 Å². The number of rotatable bonds is 8. The molecule has 1 aliphatic heterocycles. The Bertz CT molecular complexity index is 545. The summed E-state index contributed by atoms with van der Waals surface area (Å²) in [7, 11) is 0. The van der Waals surface area contributed by atoms with E-state index in [0.717, 1.165) is 37.0 Å². The molecule has 0 bridgehead atoms. The number of carbonyl (C=O) groups is 1. The zero-order valence-electron chi connectivity index (χ0n) is 20.0. The maximum Gasteiger partial charge on any atom is 0.328 e. The molecule has 2 saturated carbocycles. The molecule has 3 aliphatic rings. The molecule has 3 fully saturated rings. The van der Waals surface area contributed by atoms with Crippen LogP contribution in [0.4, 0.5) is 0 Å². The predicted molar refractivity (Wildman–Crippen MR) is 123 cm³/mol.